The Balaban J connectivity index is 1.30. The quantitative estimate of drug-likeness (QED) is 0.335. The van der Waals surface area contributed by atoms with Crippen molar-refractivity contribution in [2.75, 3.05) is 11.9 Å². The molecule has 2 aromatic heterocycles. The highest BCUT2D eigenvalue weighted by Gasteiger charge is 2.12. The minimum absolute atomic E-state index is 0.182. The molecule has 168 valence electrons. The van der Waals surface area contributed by atoms with Crippen LogP contribution in [0.4, 0.5) is 5.88 Å². The molecule has 4 rings (SSSR count). The minimum atomic E-state index is -0.633. The largest absolute Gasteiger partial charge is 0.489 e. The number of nitrogens with zero attached hydrogens (tertiary/aromatic N) is 1. The van der Waals surface area contributed by atoms with Gasteiger partial charge in [0, 0.05) is 23.6 Å². The zero-order valence-corrected chi connectivity index (χ0v) is 17.9. The summed E-state index contributed by atoms with van der Waals surface area (Å²) in [5.41, 5.74) is 2.61. The average molecular weight is 448 g/mol. The van der Waals surface area contributed by atoms with Gasteiger partial charge in [0.15, 0.2) is 6.61 Å². The summed E-state index contributed by atoms with van der Waals surface area (Å²) in [6.07, 6.45) is 0. The number of carbonyl (C=O) groups excluding carboxylic acids is 2. The lowest BCUT2D eigenvalue weighted by molar-refractivity contribution is -0.119. The van der Waals surface area contributed by atoms with E-state index in [1.807, 2.05) is 13.0 Å². The summed E-state index contributed by atoms with van der Waals surface area (Å²) in [5.74, 6) is -0.438. The topological polar surface area (TPSA) is 121 Å². The van der Waals surface area contributed by atoms with E-state index in [0.717, 1.165) is 16.5 Å². The van der Waals surface area contributed by atoms with Crippen molar-refractivity contribution in [3.05, 3.63) is 87.4 Å². The van der Waals surface area contributed by atoms with E-state index < -0.39 is 24.1 Å². The van der Waals surface area contributed by atoms with Gasteiger partial charge in [-0.15, -0.1) is 0 Å². The van der Waals surface area contributed by atoms with Crippen LogP contribution in [0, 0.1) is 13.8 Å². The number of nitrogens with one attached hydrogen (secondary N) is 1. The number of amides is 1. The number of ether oxygens (including phenoxy) is 2. The first-order chi connectivity index (χ1) is 15.9. The molecule has 33 heavy (non-hydrogen) atoms. The molecular weight excluding hydrogens is 428 g/mol. The maximum Gasteiger partial charge on any atom is 0.338 e. The fourth-order valence-electron chi connectivity index (χ4n) is 3.11. The molecule has 0 saturated heterocycles. The number of hydrogen-bond acceptors (Lipinski definition) is 8. The molecule has 1 N–H and O–H groups in total. The van der Waals surface area contributed by atoms with Crippen LogP contribution >= 0.6 is 0 Å². The van der Waals surface area contributed by atoms with Gasteiger partial charge in [-0.3, -0.25) is 10.1 Å². The van der Waals surface area contributed by atoms with E-state index in [0.29, 0.717) is 22.6 Å². The number of aromatic nitrogens is 1. The molecule has 4 aromatic rings. The lowest BCUT2D eigenvalue weighted by Gasteiger charge is -2.09. The maximum absolute atomic E-state index is 12.2. The fourth-order valence-corrected chi connectivity index (χ4v) is 3.11. The number of rotatable bonds is 7. The Morgan fingerprint density at radius 3 is 2.55 bits per heavy atom. The molecule has 0 saturated carbocycles. The second kappa shape index (κ2) is 9.39. The van der Waals surface area contributed by atoms with Crippen molar-refractivity contribution in [3.63, 3.8) is 0 Å². The molecule has 0 atom stereocenters. The third kappa shape index (κ3) is 5.45. The van der Waals surface area contributed by atoms with Crippen molar-refractivity contribution in [3.8, 4) is 5.75 Å². The van der Waals surface area contributed by atoms with Gasteiger partial charge in [-0.1, -0.05) is 17.3 Å². The van der Waals surface area contributed by atoms with Crippen molar-refractivity contribution in [2.45, 2.75) is 20.5 Å². The van der Waals surface area contributed by atoms with Crippen LogP contribution in [0.5, 0.6) is 5.75 Å². The van der Waals surface area contributed by atoms with E-state index in [1.54, 1.807) is 49.4 Å². The summed E-state index contributed by atoms with van der Waals surface area (Å²) in [5, 5.41) is 6.93. The monoisotopic (exact) mass is 448 g/mol. The van der Waals surface area contributed by atoms with Gasteiger partial charge in [0.2, 0.25) is 5.88 Å². The highest BCUT2D eigenvalue weighted by molar-refractivity contribution is 5.94. The average Bonchev–Trinajstić information content (AvgIpc) is 3.20. The first kappa shape index (κ1) is 21.8. The minimum Gasteiger partial charge on any atom is -0.489 e. The predicted octanol–water partition coefficient (Wildman–Crippen LogP) is 3.77. The summed E-state index contributed by atoms with van der Waals surface area (Å²) in [6.45, 7) is 3.35. The molecule has 2 aromatic carbocycles. The SMILES string of the molecule is Cc1cc(NC(=O)COC(=O)c2ccc(COc3ccc4c(C)cc(=O)oc4c3)cc2)on1. The lowest BCUT2D eigenvalue weighted by atomic mass is 10.1. The standard InChI is InChI=1S/C24H20N2O7/c1-14-9-23(28)32-20-11-18(7-8-19(14)20)30-12-16-3-5-17(6-4-16)24(29)31-13-21(27)25-22-10-15(2)26-33-22/h3-11H,12-13H2,1-2H3,(H,25,27). The van der Waals surface area contributed by atoms with Crippen LogP contribution in [-0.2, 0) is 16.1 Å². The van der Waals surface area contributed by atoms with Gasteiger partial charge in [0.25, 0.3) is 5.91 Å². The molecule has 1 amide bonds. The molecule has 9 heteroatoms. The number of esters is 1. The summed E-state index contributed by atoms with van der Waals surface area (Å²) in [7, 11) is 0. The van der Waals surface area contributed by atoms with Crippen molar-refractivity contribution < 1.29 is 28.0 Å². The van der Waals surface area contributed by atoms with E-state index in [9.17, 15) is 14.4 Å². The van der Waals surface area contributed by atoms with Crippen LogP contribution < -0.4 is 15.7 Å². The molecule has 9 nitrogen and oxygen atoms in total. The van der Waals surface area contributed by atoms with Crippen molar-refractivity contribution in [1.29, 1.82) is 0 Å². The van der Waals surface area contributed by atoms with Gasteiger partial charge in [0.1, 0.15) is 17.9 Å². The molecule has 0 unspecified atom stereocenters. The molecule has 0 radical (unpaired) electrons. The third-order valence-corrected chi connectivity index (χ3v) is 4.74. The van der Waals surface area contributed by atoms with Gasteiger partial charge in [-0.2, -0.15) is 0 Å². The first-order valence-electron chi connectivity index (χ1n) is 10.0. The molecule has 0 aliphatic rings. The highest BCUT2D eigenvalue weighted by Crippen LogP contribution is 2.23. The van der Waals surface area contributed by atoms with Crippen LogP contribution in [0.3, 0.4) is 0 Å². The normalized spacial score (nSPS) is 10.7. The second-order valence-electron chi connectivity index (χ2n) is 7.35. The summed E-state index contributed by atoms with van der Waals surface area (Å²) >= 11 is 0. The van der Waals surface area contributed by atoms with E-state index in [1.165, 1.54) is 6.07 Å². The molecule has 0 bridgehead atoms. The molecule has 0 fully saturated rings. The number of benzene rings is 2. The van der Waals surface area contributed by atoms with Crippen LogP contribution in [0.2, 0.25) is 0 Å². The Kier molecular flexibility index (Phi) is 6.21. The van der Waals surface area contributed by atoms with Gasteiger partial charge >= 0.3 is 11.6 Å². The zero-order valence-electron chi connectivity index (χ0n) is 17.9. The van der Waals surface area contributed by atoms with Crippen LogP contribution in [0.1, 0.15) is 27.2 Å². The third-order valence-electron chi connectivity index (χ3n) is 4.74. The Hall–Kier alpha value is -4.40. The van der Waals surface area contributed by atoms with Crippen molar-refractivity contribution >= 4 is 28.7 Å². The lowest BCUT2D eigenvalue weighted by Crippen LogP contribution is -2.20. The van der Waals surface area contributed by atoms with Crippen LogP contribution in [0.25, 0.3) is 11.0 Å². The van der Waals surface area contributed by atoms with Gasteiger partial charge in [0.05, 0.1) is 11.3 Å². The smallest absolute Gasteiger partial charge is 0.338 e. The number of carbonyl (C=O) groups is 2. The molecule has 2 heterocycles. The van der Waals surface area contributed by atoms with Crippen molar-refractivity contribution in [2.24, 2.45) is 0 Å². The van der Waals surface area contributed by atoms with Crippen molar-refractivity contribution in [1.82, 2.24) is 5.16 Å². The number of anilines is 1. The summed E-state index contributed by atoms with van der Waals surface area (Å²) in [4.78, 5) is 35.6. The van der Waals surface area contributed by atoms with E-state index in [-0.39, 0.29) is 12.5 Å². The molecular formula is C24H20N2O7. The van der Waals surface area contributed by atoms with E-state index in [2.05, 4.69) is 10.5 Å². The number of aryl methyl sites for hydroxylation is 2. The first-order valence-corrected chi connectivity index (χ1v) is 10.0. The maximum atomic E-state index is 12.2. The van der Waals surface area contributed by atoms with Gasteiger partial charge in [-0.05, 0) is 49.2 Å². The van der Waals surface area contributed by atoms with Gasteiger partial charge in [-0.25, -0.2) is 9.59 Å². The van der Waals surface area contributed by atoms with Crippen LogP contribution in [0.15, 0.2) is 68.3 Å². The van der Waals surface area contributed by atoms with Gasteiger partial charge < -0.3 is 18.4 Å². The number of hydrogen-bond donors (Lipinski definition) is 1. The Morgan fingerprint density at radius 1 is 1.03 bits per heavy atom. The molecule has 0 aliphatic carbocycles. The van der Waals surface area contributed by atoms with E-state index in [4.69, 9.17) is 18.4 Å². The van der Waals surface area contributed by atoms with E-state index >= 15 is 0 Å². The second-order valence-corrected chi connectivity index (χ2v) is 7.35. The zero-order chi connectivity index (χ0) is 23.4. The fraction of sp³-hybridized carbons (Fsp3) is 0.167. The summed E-state index contributed by atoms with van der Waals surface area (Å²) < 4.78 is 20.9. The molecule has 0 spiro atoms. The predicted molar refractivity (Wildman–Crippen MR) is 118 cm³/mol. The number of fused-ring (bicyclic) bond motifs is 1. The Labute approximate surface area is 187 Å². The summed E-state index contributed by atoms with van der Waals surface area (Å²) in [6, 6.07) is 14.9. The molecule has 0 aliphatic heterocycles. The Bertz CT molecular complexity index is 1370. The highest BCUT2D eigenvalue weighted by atomic mass is 16.5. The van der Waals surface area contributed by atoms with Crippen LogP contribution in [-0.4, -0.2) is 23.6 Å². The Morgan fingerprint density at radius 2 is 1.82 bits per heavy atom.